The van der Waals surface area contributed by atoms with E-state index in [0.29, 0.717) is 17.8 Å². The molecule has 0 unspecified atom stereocenters. The maximum atomic E-state index is 12.2. The molecule has 0 aliphatic heterocycles. The highest BCUT2D eigenvalue weighted by molar-refractivity contribution is 5.55. The van der Waals surface area contributed by atoms with Gasteiger partial charge in [-0.2, -0.15) is 28.1 Å². The Bertz CT molecular complexity index is 1170. The first kappa shape index (κ1) is 20.2. The Kier molecular flexibility index (Phi) is 5.43. The van der Waals surface area contributed by atoms with Crippen LogP contribution in [0.15, 0.2) is 53.2 Å². The second kappa shape index (κ2) is 8.34. The third-order valence-corrected chi connectivity index (χ3v) is 3.90. The fraction of sp³-hybridized carbons (Fsp3) is 0.158. The van der Waals surface area contributed by atoms with Crippen LogP contribution in [0.4, 0.5) is 19.1 Å². The predicted molar refractivity (Wildman–Crippen MR) is 102 cm³/mol. The Morgan fingerprint density at radius 1 is 0.935 bits per heavy atom. The summed E-state index contributed by atoms with van der Waals surface area (Å²) in [5, 5.41) is 3.84. The minimum atomic E-state index is -4.45. The first-order chi connectivity index (χ1) is 14.9. The number of pyridine rings is 1. The highest BCUT2D eigenvalue weighted by Crippen LogP contribution is 2.23. The molecule has 0 fully saturated rings. The Balaban J connectivity index is 1.52. The summed E-state index contributed by atoms with van der Waals surface area (Å²) in [6.07, 6.45) is -2.76. The second-order valence-corrected chi connectivity index (χ2v) is 6.31. The Hall–Kier alpha value is -4.09. The molecule has 0 aliphatic rings. The number of ether oxygens (including phenoxy) is 1. The average molecular weight is 429 g/mol. The second-order valence-electron chi connectivity index (χ2n) is 6.31. The van der Waals surface area contributed by atoms with Gasteiger partial charge in [-0.25, -0.2) is 9.97 Å². The van der Waals surface area contributed by atoms with Gasteiger partial charge in [0.2, 0.25) is 23.5 Å². The van der Waals surface area contributed by atoms with E-state index >= 15 is 0 Å². The van der Waals surface area contributed by atoms with Crippen LogP contribution in [0.1, 0.15) is 11.4 Å². The number of alkyl halides is 3. The molecular weight excluding hydrogens is 415 g/mol. The molecule has 12 heteroatoms. The highest BCUT2D eigenvalue weighted by atomic mass is 19.4. The summed E-state index contributed by atoms with van der Waals surface area (Å²) in [6.45, 7) is -1.43. The van der Waals surface area contributed by atoms with E-state index in [-0.39, 0.29) is 29.4 Å². The van der Waals surface area contributed by atoms with Crippen LogP contribution in [-0.4, -0.2) is 42.9 Å². The zero-order valence-corrected chi connectivity index (χ0v) is 15.7. The SMILES string of the molecule is Nc1nc(Cc2ccccc2)nc(-c2noc(-c3ccc(OCC(F)(F)F)nc3)n2)n1. The van der Waals surface area contributed by atoms with Crippen molar-refractivity contribution in [3.63, 3.8) is 0 Å². The summed E-state index contributed by atoms with van der Waals surface area (Å²) >= 11 is 0. The molecule has 9 nitrogen and oxygen atoms in total. The van der Waals surface area contributed by atoms with Crippen LogP contribution in [-0.2, 0) is 6.42 Å². The van der Waals surface area contributed by atoms with Gasteiger partial charge in [0.25, 0.3) is 5.89 Å². The van der Waals surface area contributed by atoms with Gasteiger partial charge in [0.1, 0.15) is 5.82 Å². The smallest absolute Gasteiger partial charge is 0.422 e. The van der Waals surface area contributed by atoms with Crippen LogP contribution in [0.2, 0.25) is 0 Å². The number of nitrogens with two attached hydrogens (primary N) is 1. The number of halogens is 3. The number of hydrogen-bond acceptors (Lipinski definition) is 9. The van der Waals surface area contributed by atoms with E-state index in [1.807, 2.05) is 30.3 Å². The van der Waals surface area contributed by atoms with Crippen LogP contribution < -0.4 is 10.5 Å². The number of benzene rings is 1. The lowest BCUT2D eigenvalue weighted by atomic mass is 10.1. The fourth-order valence-electron chi connectivity index (χ4n) is 2.57. The molecule has 158 valence electrons. The van der Waals surface area contributed by atoms with Gasteiger partial charge in [-0.05, 0) is 11.6 Å². The average Bonchev–Trinajstić information content (AvgIpc) is 3.23. The quantitative estimate of drug-likeness (QED) is 0.492. The standard InChI is InChI=1S/C19H14F3N7O2/c20-19(21,22)10-30-14-7-6-12(9-24-14)17-27-16(29-31-17)15-25-13(26-18(23)28-15)8-11-4-2-1-3-5-11/h1-7,9H,8,10H2,(H2,23,25,26,28). The molecule has 0 aliphatic carbocycles. The van der Waals surface area contributed by atoms with Crippen molar-refractivity contribution in [2.24, 2.45) is 0 Å². The molecule has 3 heterocycles. The van der Waals surface area contributed by atoms with Gasteiger partial charge in [0, 0.05) is 18.7 Å². The van der Waals surface area contributed by atoms with Crippen molar-refractivity contribution in [2.45, 2.75) is 12.6 Å². The number of aromatic nitrogens is 6. The fourth-order valence-corrected chi connectivity index (χ4v) is 2.57. The Morgan fingerprint density at radius 2 is 1.74 bits per heavy atom. The number of nitrogen functional groups attached to an aromatic ring is 1. The lowest BCUT2D eigenvalue weighted by Crippen LogP contribution is -2.19. The third-order valence-electron chi connectivity index (χ3n) is 3.90. The molecular formula is C19H14F3N7O2. The van der Waals surface area contributed by atoms with Crippen molar-refractivity contribution < 1.29 is 22.4 Å². The van der Waals surface area contributed by atoms with Gasteiger partial charge in [-0.3, -0.25) is 0 Å². The normalized spacial score (nSPS) is 11.5. The van der Waals surface area contributed by atoms with E-state index in [9.17, 15) is 13.2 Å². The van der Waals surface area contributed by atoms with E-state index in [0.717, 1.165) is 5.56 Å². The molecule has 31 heavy (non-hydrogen) atoms. The van der Waals surface area contributed by atoms with Gasteiger partial charge < -0.3 is 15.0 Å². The molecule has 0 atom stereocenters. The molecule has 0 amide bonds. The minimum absolute atomic E-state index is 0.00936. The van der Waals surface area contributed by atoms with Crippen LogP contribution in [0.5, 0.6) is 5.88 Å². The van der Waals surface area contributed by atoms with Gasteiger partial charge >= 0.3 is 6.18 Å². The first-order valence-corrected chi connectivity index (χ1v) is 8.90. The van der Waals surface area contributed by atoms with E-state index in [1.54, 1.807) is 0 Å². The van der Waals surface area contributed by atoms with E-state index in [2.05, 4.69) is 34.8 Å². The number of anilines is 1. The highest BCUT2D eigenvalue weighted by Gasteiger charge is 2.28. The van der Waals surface area contributed by atoms with Crippen molar-refractivity contribution in [1.29, 1.82) is 0 Å². The molecule has 0 radical (unpaired) electrons. The number of nitrogens with zero attached hydrogens (tertiary/aromatic N) is 6. The largest absolute Gasteiger partial charge is 0.468 e. The number of hydrogen-bond donors (Lipinski definition) is 1. The molecule has 0 saturated carbocycles. The van der Waals surface area contributed by atoms with E-state index in [1.165, 1.54) is 18.3 Å². The third kappa shape index (κ3) is 5.29. The predicted octanol–water partition coefficient (Wildman–Crippen LogP) is 3.10. The summed E-state index contributed by atoms with van der Waals surface area (Å²) in [7, 11) is 0. The zero-order valence-electron chi connectivity index (χ0n) is 15.7. The summed E-state index contributed by atoms with van der Waals surface area (Å²) in [6, 6.07) is 12.3. The van der Waals surface area contributed by atoms with Crippen molar-refractivity contribution in [1.82, 2.24) is 30.1 Å². The lowest BCUT2D eigenvalue weighted by molar-refractivity contribution is -0.154. The molecule has 4 rings (SSSR count). The molecule has 0 spiro atoms. The summed E-state index contributed by atoms with van der Waals surface area (Å²) in [4.78, 5) is 20.5. The zero-order chi connectivity index (χ0) is 21.8. The van der Waals surface area contributed by atoms with Crippen LogP contribution in [0.3, 0.4) is 0 Å². The van der Waals surface area contributed by atoms with Crippen LogP contribution >= 0.6 is 0 Å². The van der Waals surface area contributed by atoms with Crippen molar-refractivity contribution >= 4 is 5.95 Å². The topological polar surface area (TPSA) is 126 Å². The van der Waals surface area contributed by atoms with Crippen LogP contribution in [0, 0.1) is 0 Å². The lowest BCUT2D eigenvalue weighted by Gasteiger charge is -2.07. The van der Waals surface area contributed by atoms with E-state index in [4.69, 9.17) is 10.3 Å². The summed E-state index contributed by atoms with van der Waals surface area (Å²) in [5.41, 5.74) is 7.16. The van der Waals surface area contributed by atoms with Gasteiger partial charge in [-0.1, -0.05) is 35.5 Å². The van der Waals surface area contributed by atoms with Crippen molar-refractivity contribution in [3.8, 4) is 29.0 Å². The molecule has 2 N–H and O–H groups in total. The minimum Gasteiger partial charge on any atom is -0.468 e. The van der Waals surface area contributed by atoms with Crippen molar-refractivity contribution in [3.05, 3.63) is 60.0 Å². The maximum Gasteiger partial charge on any atom is 0.422 e. The molecule has 4 aromatic rings. The summed E-state index contributed by atoms with van der Waals surface area (Å²) < 4.78 is 46.4. The Labute approximate surface area is 173 Å². The molecule has 0 bridgehead atoms. The van der Waals surface area contributed by atoms with Gasteiger partial charge in [-0.15, -0.1) is 0 Å². The molecule has 1 aromatic carbocycles. The molecule has 3 aromatic heterocycles. The maximum absolute atomic E-state index is 12.2. The first-order valence-electron chi connectivity index (χ1n) is 8.90. The monoisotopic (exact) mass is 429 g/mol. The van der Waals surface area contributed by atoms with E-state index < -0.39 is 12.8 Å². The van der Waals surface area contributed by atoms with Gasteiger partial charge in [0.05, 0.1) is 5.56 Å². The Morgan fingerprint density at radius 3 is 2.45 bits per heavy atom. The molecule has 0 saturated heterocycles. The number of rotatable bonds is 6. The summed E-state index contributed by atoms with van der Waals surface area (Å²) in [5.74, 6) is 0.551. The van der Waals surface area contributed by atoms with Crippen molar-refractivity contribution in [2.75, 3.05) is 12.3 Å². The van der Waals surface area contributed by atoms with Gasteiger partial charge in [0.15, 0.2) is 6.61 Å². The van der Waals surface area contributed by atoms with Crippen LogP contribution in [0.25, 0.3) is 23.1 Å².